The number of carbonyl (C=O) groups is 1. The zero-order chi connectivity index (χ0) is 11.9. The van der Waals surface area contributed by atoms with Crippen LogP contribution in [0.15, 0.2) is 0 Å². The van der Waals surface area contributed by atoms with Crippen LogP contribution in [-0.4, -0.2) is 40.6 Å². The molecular weight excluding hydrogens is 204 g/mol. The number of carbonyl (C=O) groups excluding carboxylic acids is 1. The highest BCUT2D eigenvalue weighted by Crippen LogP contribution is 2.40. The molecule has 0 radical (unpaired) electrons. The average molecular weight is 226 g/mol. The molecule has 3 atom stereocenters. The van der Waals surface area contributed by atoms with E-state index >= 15 is 0 Å². The molecule has 0 aromatic rings. The van der Waals surface area contributed by atoms with Crippen molar-refractivity contribution in [2.24, 2.45) is 17.6 Å². The Balaban J connectivity index is 2.09. The molecule has 4 nitrogen and oxygen atoms in total. The Morgan fingerprint density at radius 3 is 2.62 bits per heavy atom. The number of nitrogens with zero attached hydrogens (tertiary/aromatic N) is 1. The van der Waals surface area contributed by atoms with E-state index in [0.29, 0.717) is 11.8 Å². The monoisotopic (exact) mass is 226 g/mol. The first-order chi connectivity index (χ1) is 7.48. The zero-order valence-electron chi connectivity index (χ0n) is 10.1. The van der Waals surface area contributed by atoms with Crippen molar-refractivity contribution in [1.29, 1.82) is 0 Å². The maximum absolute atomic E-state index is 12.4. The van der Waals surface area contributed by atoms with Crippen LogP contribution in [0.4, 0.5) is 0 Å². The van der Waals surface area contributed by atoms with Crippen molar-refractivity contribution in [1.82, 2.24) is 4.90 Å². The number of amides is 1. The van der Waals surface area contributed by atoms with Gasteiger partial charge in [-0.2, -0.15) is 0 Å². The Labute approximate surface area is 96.8 Å². The van der Waals surface area contributed by atoms with Crippen LogP contribution in [-0.2, 0) is 4.79 Å². The fourth-order valence-corrected chi connectivity index (χ4v) is 2.71. The minimum atomic E-state index is -0.725. The van der Waals surface area contributed by atoms with E-state index in [0.717, 1.165) is 25.8 Å². The Morgan fingerprint density at radius 2 is 2.12 bits per heavy atom. The van der Waals surface area contributed by atoms with E-state index in [9.17, 15) is 9.90 Å². The summed E-state index contributed by atoms with van der Waals surface area (Å²) in [6.45, 7) is 4.71. The van der Waals surface area contributed by atoms with E-state index in [1.807, 2.05) is 6.92 Å². The lowest BCUT2D eigenvalue weighted by atomic mass is 9.94. The molecule has 0 bridgehead atoms. The summed E-state index contributed by atoms with van der Waals surface area (Å²) in [6, 6.07) is -0.0332. The van der Waals surface area contributed by atoms with E-state index in [2.05, 4.69) is 6.92 Å². The second-order valence-electron chi connectivity index (χ2n) is 5.57. The number of nitrogens with two attached hydrogens (primary N) is 1. The Morgan fingerprint density at radius 1 is 1.50 bits per heavy atom. The second-order valence-corrected chi connectivity index (χ2v) is 5.57. The Hall–Kier alpha value is -0.610. The smallest absolute Gasteiger partial charge is 0.242 e. The van der Waals surface area contributed by atoms with Crippen molar-refractivity contribution in [3.63, 3.8) is 0 Å². The average Bonchev–Trinajstić information content (AvgIpc) is 3.02. The molecule has 2 fully saturated rings. The molecule has 0 aromatic heterocycles. The van der Waals surface area contributed by atoms with Gasteiger partial charge in [0.2, 0.25) is 5.91 Å². The molecule has 1 saturated carbocycles. The van der Waals surface area contributed by atoms with Crippen LogP contribution in [0.3, 0.4) is 0 Å². The van der Waals surface area contributed by atoms with Gasteiger partial charge in [-0.1, -0.05) is 6.92 Å². The van der Waals surface area contributed by atoms with E-state index < -0.39 is 5.54 Å². The van der Waals surface area contributed by atoms with Gasteiger partial charge in [-0.3, -0.25) is 4.79 Å². The van der Waals surface area contributed by atoms with Crippen LogP contribution in [0.1, 0.15) is 33.1 Å². The molecule has 2 aliphatic rings. The van der Waals surface area contributed by atoms with Crippen LogP contribution in [0.2, 0.25) is 0 Å². The number of likely N-dealkylation sites (tertiary alicyclic amines) is 1. The quantitative estimate of drug-likeness (QED) is 0.729. The topological polar surface area (TPSA) is 66.6 Å². The van der Waals surface area contributed by atoms with Crippen LogP contribution in [0, 0.1) is 11.8 Å². The van der Waals surface area contributed by atoms with Gasteiger partial charge in [0, 0.05) is 6.54 Å². The molecule has 0 aromatic carbocycles. The fourth-order valence-electron chi connectivity index (χ4n) is 2.71. The van der Waals surface area contributed by atoms with Gasteiger partial charge in [0.15, 0.2) is 0 Å². The summed E-state index contributed by atoms with van der Waals surface area (Å²) < 4.78 is 0. The van der Waals surface area contributed by atoms with Crippen molar-refractivity contribution in [3.8, 4) is 0 Å². The summed E-state index contributed by atoms with van der Waals surface area (Å²) in [7, 11) is 0. The number of hydrogen-bond acceptors (Lipinski definition) is 3. The van der Waals surface area contributed by atoms with Gasteiger partial charge in [0.05, 0.1) is 18.2 Å². The van der Waals surface area contributed by atoms with Gasteiger partial charge in [-0.15, -0.1) is 0 Å². The van der Waals surface area contributed by atoms with Gasteiger partial charge in [-0.05, 0) is 38.0 Å². The molecule has 4 heteroatoms. The van der Waals surface area contributed by atoms with Gasteiger partial charge in [0.25, 0.3) is 0 Å². The molecule has 3 unspecified atom stereocenters. The molecular formula is C12H22N2O2. The van der Waals surface area contributed by atoms with Crippen LogP contribution in [0.5, 0.6) is 0 Å². The summed E-state index contributed by atoms with van der Waals surface area (Å²) in [4.78, 5) is 14.1. The summed E-state index contributed by atoms with van der Waals surface area (Å²) >= 11 is 0. The first-order valence-corrected chi connectivity index (χ1v) is 6.19. The Bertz CT molecular complexity index is 287. The van der Waals surface area contributed by atoms with Crippen molar-refractivity contribution in [3.05, 3.63) is 0 Å². The normalized spacial score (nSPS) is 33.9. The highest BCUT2D eigenvalue weighted by molar-refractivity contribution is 5.87. The first kappa shape index (κ1) is 11.9. The van der Waals surface area contributed by atoms with E-state index in [4.69, 9.17) is 5.73 Å². The maximum atomic E-state index is 12.4. The molecule has 92 valence electrons. The van der Waals surface area contributed by atoms with Crippen LogP contribution >= 0.6 is 0 Å². The van der Waals surface area contributed by atoms with Gasteiger partial charge < -0.3 is 15.7 Å². The number of aliphatic hydroxyl groups excluding tert-OH is 1. The van der Waals surface area contributed by atoms with E-state index in [1.54, 1.807) is 4.90 Å². The Kier molecular flexibility index (Phi) is 2.97. The third-order valence-electron chi connectivity index (χ3n) is 4.22. The SMILES string of the molecule is CC1CCN(C(=O)C(C)(N)C2CC2)C1CO. The summed E-state index contributed by atoms with van der Waals surface area (Å²) in [5.41, 5.74) is 5.41. The predicted octanol–water partition coefficient (Wildman–Crippen LogP) is 0.343. The lowest BCUT2D eigenvalue weighted by Gasteiger charge is -2.33. The lowest BCUT2D eigenvalue weighted by molar-refractivity contribution is -0.139. The van der Waals surface area contributed by atoms with Gasteiger partial charge >= 0.3 is 0 Å². The van der Waals surface area contributed by atoms with Crippen molar-refractivity contribution in [2.75, 3.05) is 13.2 Å². The molecule has 1 heterocycles. The number of hydrogen-bond donors (Lipinski definition) is 2. The first-order valence-electron chi connectivity index (χ1n) is 6.19. The van der Waals surface area contributed by atoms with Crippen molar-refractivity contribution in [2.45, 2.75) is 44.7 Å². The summed E-state index contributed by atoms with van der Waals surface area (Å²) in [5, 5.41) is 9.34. The second kappa shape index (κ2) is 4.00. The summed E-state index contributed by atoms with van der Waals surface area (Å²) in [6.07, 6.45) is 3.09. The van der Waals surface area contributed by atoms with Crippen LogP contribution < -0.4 is 5.73 Å². The predicted molar refractivity (Wildman–Crippen MR) is 61.7 cm³/mol. The third-order valence-corrected chi connectivity index (χ3v) is 4.22. The van der Waals surface area contributed by atoms with Crippen LogP contribution in [0.25, 0.3) is 0 Å². The minimum Gasteiger partial charge on any atom is -0.394 e. The largest absolute Gasteiger partial charge is 0.394 e. The fraction of sp³-hybridized carbons (Fsp3) is 0.917. The molecule has 1 aliphatic carbocycles. The van der Waals surface area contributed by atoms with Crippen molar-refractivity contribution < 1.29 is 9.90 Å². The van der Waals surface area contributed by atoms with Gasteiger partial charge in [0.1, 0.15) is 0 Å². The maximum Gasteiger partial charge on any atom is 0.242 e. The standard InChI is InChI=1S/C12H22N2O2/c1-8-5-6-14(10(8)7-15)11(16)12(2,13)9-3-4-9/h8-10,15H,3-7,13H2,1-2H3. The molecule has 1 amide bonds. The zero-order valence-corrected chi connectivity index (χ0v) is 10.1. The van der Waals surface area contributed by atoms with Crippen molar-refractivity contribution >= 4 is 5.91 Å². The molecule has 2 rings (SSSR count). The molecule has 3 N–H and O–H groups in total. The van der Waals surface area contributed by atoms with Gasteiger partial charge in [-0.25, -0.2) is 0 Å². The van der Waals surface area contributed by atoms with E-state index in [-0.39, 0.29) is 18.6 Å². The molecule has 1 aliphatic heterocycles. The summed E-state index contributed by atoms with van der Waals surface area (Å²) in [5.74, 6) is 0.748. The molecule has 16 heavy (non-hydrogen) atoms. The lowest BCUT2D eigenvalue weighted by Crippen LogP contribution is -2.57. The molecule has 0 spiro atoms. The number of rotatable bonds is 3. The minimum absolute atomic E-state index is 0.0263. The number of aliphatic hydroxyl groups is 1. The van der Waals surface area contributed by atoms with E-state index in [1.165, 1.54) is 0 Å². The highest BCUT2D eigenvalue weighted by atomic mass is 16.3. The third kappa shape index (κ3) is 1.84. The molecule has 1 saturated heterocycles. The highest BCUT2D eigenvalue weighted by Gasteiger charge is 2.48.